The molecule has 0 aromatic heterocycles. The van der Waals surface area contributed by atoms with Crippen LogP contribution in [-0.4, -0.2) is 49.1 Å². The van der Waals surface area contributed by atoms with Crippen LogP contribution in [0.25, 0.3) is 0 Å². The lowest BCUT2D eigenvalue weighted by atomic mass is 9.83. The summed E-state index contributed by atoms with van der Waals surface area (Å²) < 4.78 is 0. The van der Waals surface area contributed by atoms with Gasteiger partial charge < -0.3 is 15.5 Å². The predicted octanol–water partition coefficient (Wildman–Crippen LogP) is 0.195. The van der Waals surface area contributed by atoms with Crippen molar-refractivity contribution in [3.63, 3.8) is 0 Å². The van der Waals surface area contributed by atoms with Gasteiger partial charge in [-0.3, -0.25) is 4.79 Å². The summed E-state index contributed by atoms with van der Waals surface area (Å²) in [5.74, 6) is 0.904. The van der Waals surface area contributed by atoms with Gasteiger partial charge in [0.05, 0.1) is 6.04 Å². The molecule has 2 bridgehead atoms. The van der Waals surface area contributed by atoms with E-state index in [-0.39, 0.29) is 11.9 Å². The Morgan fingerprint density at radius 1 is 1.44 bits per heavy atom. The Morgan fingerprint density at radius 2 is 2.12 bits per heavy atom. The lowest BCUT2D eigenvalue weighted by Crippen LogP contribution is -2.59. The number of nitrogens with zero attached hydrogens (tertiary/aromatic N) is 1. The Kier molecular flexibility index (Phi) is 3.82. The molecule has 16 heavy (non-hydrogen) atoms. The lowest BCUT2D eigenvalue weighted by molar-refractivity contribution is -0.123. The third-order valence-corrected chi connectivity index (χ3v) is 3.86. The molecule has 0 aliphatic carbocycles. The molecule has 4 heteroatoms. The van der Waals surface area contributed by atoms with E-state index in [0.29, 0.717) is 12.6 Å². The van der Waals surface area contributed by atoms with Crippen LogP contribution in [-0.2, 0) is 4.79 Å². The van der Waals surface area contributed by atoms with Gasteiger partial charge >= 0.3 is 0 Å². The molecule has 3 saturated heterocycles. The van der Waals surface area contributed by atoms with Crippen LogP contribution in [0.2, 0.25) is 0 Å². The summed E-state index contributed by atoms with van der Waals surface area (Å²) in [6, 6.07) is 0.450. The second kappa shape index (κ2) is 5.15. The number of hydrogen-bond donors (Lipinski definition) is 2. The minimum atomic E-state index is -0.0644. The first kappa shape index (κ1) is 11.9. The maximum Gasteiger partial charge on any atom is 0.236 e. The molecule has 3 aliphatic rings. The van der Waals surface area contributed by atoms with E-state index < -0.39 is 0 Å². The topological polar surface area (TPSA) is 44.4 Å². The smallest absolute Gasteiger partial charge is 0.236 e. The standard InChI is InChI=1S/C12H23N3O/c1-3-13-12(16)9(2)14-11-8-15-6-4-10(11)5-7-15/h9-11,14H,3-8H2,1-2H3,(H,13,16). The first-order valence-corrected chi connectivity index (χ1v) is 6.46. The van der Waals surface area contributed by atoms with Gasteiger partial charge in [0, 0.05) is 19.1 Å². The molecule has 2 unspecified atom stereocenters. The van der Waals surface area contributed by atoms with Crippen LogP contribution in [0.5, 0.6) is 0 Å². The Morgan fingerprint density at radius 3 is 2.62 bits per heavy atom. The predicted molar refractivity (Wildman–Crippen MR) is 64.2 cm³/mol. The number of carbonyl (C=O) groups is 1. The van der Waals surface area contributed by atoms with Crippen molar-refractivity contribution in [3.8, 4) is 0 Å². The van der Waals surface area contributed by atoms with Crippen LogP contribution < -0.4 is 10.6 Å². The summed E-state index contributed by atoms with van der Waals surface area (Å²) in [4.78, 5) is 14.1. The van der Waals surface area contributed by atoms with Crippen molar-refractivity contribution in [2.24, 2.45) is 5.92 Å². The lowest BCUT2D eigenvalue weighted by Gasteiger charge is -2.45. The van der Waals surface area contributed by atoms with E-state index in [1.54, 1.807) is 0 Å². The number of hydrogen-bond acceptors (Lipinski definition) is 3. The van der Waals surface area contributed by atoms with Gasteiger partial charge in [-0.25, -0.2) is 0 Å². The number of rotatable bonds is 4. The van der Waals surface area contributed by atoms with Gasteiger partial charge in [0.15, 0.2) is 0 Å². The number of nitrogens with one attached hydrogen (secondary N) is 2. The minimum absolute atomic E-state index is 0.0644. The summed E-state index contributed by atoms with van der Waals surface area (Å²) in [5.41, 5.74) is 0. The number of fused-ring (bicyclic) bond motifs is 3. The summed E-state index contributed by atoms with van der Waals surface area (Å²) >= 11 is 0. The van der Waals surface area contributed by atoms with Gasteiger partial charge in [0.1, 0.15) is 0 Å². The maximum atomic E-state index is 11.6. The van der Waals surface area contributed by atoms with Crippen molar-refractivity contribution in [2.45, 2.75) is 38.8 Å². The van der Waals surface area contributed by atoms with Gasteiger partial charge in [0.25, 0.3) is 0 Å². The molecule has 0 radical (unpaired) electrons. The first-order chi connectivity index (χ1) is 7.70. The largest absolute Gasteiger partial charge is 0.355 e. The van der Waals surface area contributed by atoms with Crippen molar-refractivity contribution < 1.29 is 4.79 Å². The number of piperidine rings is 3. The molecule has 4 nitrogen and oxygen atoms in total. The average Bonchev–Trinajstić information content (AvgIpc) is 2.31. The zero-order chi connectivity index (χ0) is 11.5. The van der Waals surface area contributed by atoms with Crippen LogP contribution in [0.3, 0.4) is 0 Å². The summed E-state index contributed by atoms with van der Waals surface area (Å²) in [6.45, 7) is 8.25. The molecular weight excluding hydrogens is 202 g/mol. The van der Waals surface area contributed by atoms with Gasteiger partial charge in [-0.15, -0.1) is 0 Å². The molecule has 3 fully saturated rings. The van der Waals surface area contributed by atoms with Gasteiger partial charge in [-0.1, -0.05) is 0 Å². The second-order valence-electron chi connectivity index (χ2n) is 5.03. The van der Waals surface area contributed by atoms with Crippen molar-refractivity contribution >= 4 is 5.91 Å². The molecule has 2 atom stereocenters. The van der Waals surface area contributed by atoms with Crippen LogP contribution >= 0.6 is 0 Å². The van der Waals surface area contributed by atoms with E-state index in [9.17, 15) is 4.79 Å². The van der Waals surface area contributed by atoms with E-state index in [1.807, 2.05) is 13.8 Å². The zero-order valence-electron chi connectivity index (χ0n) is 10.3. The monoisotopic (exact) mass is 225 g/mol. The molecule has 3 heterocycles. The van der Waals surface area contributed by atoms with Gasteiger partial charge in [0.2, 0.25) is 5.91 Å². The highest BCUT2D eigenvalue weighted by Gasteiger charge is 2.35. The highest BCUT2D eigenvalue weighted by Crippen LogP contribution is 2.27. The second-order valence-corrected chi connectivity index (χ2v) is 5.03. The Bertz CT molecular complexity index is 249. The summed E-state index contributed by atoms with van der Waals surface area (Å²) in [6.07, 6.45) is 2.58. The molecule has 92 valence electrons. The van der Waals surface area contributed by atoms with Crippen molar-refractivity contribution in [2.75, 3.05) is 26.2 Å². The molecule has 0 spiro atoms. The molecular formula is C12H23N3O. The molecule has 1 amide bonds. The third-order valence-electron chi connectivity index (χ3n) is 3.86. The molecule has 3 aliphatic heterocycles. The highest BCUT2D eigenvalue weighted by atomic mass is 16.2. The minimum Gasteiger partial charge on any atom is -0.355 e. The van der Waals surface area contributed by atoms with E-state index in [1.165, 1.54) is 25.9 Å². The number of amides is 1. The fourth-order valence-corrected chi connectivity index (χ4v) is 2.88. The fraction of sp³-hybridized carbons (Fsp3) is 0.917. The Hall–Kier alpha value is -0.610. The SMILES string of the molecule is CCNC(=O)C(C)NC1CN2CCC1CC2. The molecule has 0 saturated carbocycles. The molecule has 0 aromatic carbocycles. The fourth-order valence-electron chi connectivity index (χ4n) is 2.88. The quantitative estimate of drug-likeness (QED) is 0.718. The first-order valence-electron chi connectivity index (χ1n) is 6.46. The molecule has 2 N–H and O–H groups in total. The van der Waals surface area contributed by atoms with Crippen LogP contribution in [0, 0.1) is 5.92 Å². The van der Waals surface area contributed by atoms with Gasteiger partial charge in [-0.05, 0) is 45.7 Å². The molecule has 0 aromatic rings. The highest BCUT2D eigenvalue weighted by molar-refractivity contribution is 5.81. The van der Waals surface area contributed by atoms with Crippen LogP contribution in [0.4, 0.5) is 0 Å². The van der Waals surface area contributed by atoms with Crippen molar-refractivity contribution in [1.82, 2.24) is 15.5 Å². The van der Waals surface area contributed by atoms with E-state index in [2.05, 4.69) is 15.5 Å². The normalized spacial score (nSPS) is 34.8. The van der Waals surface area contributed by atoms with E-state index in [4.69, 9.17) is 0 Å². The third kappa shape index (κ3) is 2.55. The Labute approximate surface area is 97.8 Å². The van der Waals surface area contributed by atoms with Crippen LogP contribution in [0.1, 0.15) is 26.7 Å². The van der Waals surface area contributed by atoms with Gasteiger partial charge in [-0.2, -0.15) is 0 Å². The van der Waals surface area contributed by atoms with Crippen molar-refractivity contribution in [3.05, 3.63) is 0 Å². The molecule has 3 rings (SSSR count). The van der Waals surface area contributed by atoms with E-state index >= 15 is 0 Å². The average molecular weight is 225 g/mol. The summed E-state index contributed by atoms with van der Waals surface area (Å²) in [7, 11) is 0. The number of likely N-dealkylation sites (N-methyl/N-ethyl adjacent to an activating group) is 1. The van der Waals surface area contributed by atoms with E-state index in [0.717, 1.165) is 12.5 Å². The van der Waals surface area contributed by atoms with Crippen molar-refractivity contribution in [1.29, 1.82) is 0 Å². The van der Waals surface area contributed by atoms with Crippen LogP contribution in [0.15, 0.2) is 0 Å². The number of carbonyl (C=O) groups excluding carboxylic acids is 1. The summed E-state index contributed by atoms with van der Waals surface area (Å²) in [5, 5.41) is 6.35. The Balaban J connectivity index is 1.83. The maximum absolute atomic E-state index is 11.6. The zero-order valence-corrected chi connectivity index (χ0v) is 10.3.